The Morgan fingerprint density at radius 2 is 1.91 bits per heavy atom. The molecule has 0 atom stereocenters. The van der Waals surface area contributed by atoms with Crippen LogP contribution in [0, 0.1) is 0 Å². The Morgan fingerprint density at radius 1 is 1.06 bits per heavy atom. The third-order valence-electron chi connectivity index (χ3n) is 6.69. The van der Waals surface area contributed by atoms with Crippen LogP contribution in [0.1, 0.15) is 50.3 Å². The summed E-state index contributed by atoms with van der Waals surface area (Å²) in [7, 11) is 0. The highest BCUT2D eigenvalue weighted by molar-refractivity contribution is 5.92. The van der Waals surface area contributed by atoms with Crippen molar-refractivity contribution in [3.05, 3.63) is 42.7 Å². The topological polar surface area (TPSA) is 78.7 Å². The van der Waals surface area contributed by atoms with E-state index in [9.17, 15) is 4.79 Å². The van der Waals surface area contributed by atoms with E-state index in [1.54, 1.807) is 6.08 Å². The lowest BCUT2D eigenvalue weighted by Crippen LogP contribution is -2.42. The minimum absolute atomic E-state index is 0.0319. The molecule has 2 aromatic heterocycles. The first-order valence-electron chi connectivity index (χ1n) is 11.8. The van der Waals surface area contributed by atoms with Crippen LogP contribution in [0.3, 0.4) is 0 Å². The number of urea groups is 1. The van der Waals surface area contributed by atoms with Gasteiger partial charge in [0.05, 0.1) is 5.52 Å². The first-order valence-corrected chi connectivity index (χ1v) is 11.8. The fraction of sp³-hybridized carbons (Fsp3) is 0.500. The van der Waals surface area contributed by atoms with Gasteiger partial charge in [-0.3, -0.25) is 0 Å². The molecule has 3 heterocycles. The fourth-order valence-electron chi connectivity index (χ4n) is 5.01. The number of rotatable bonds is 4. The van der Waals surface area contributed by atoms with Gasteiger partial charge in [0.15, 0.2) is 5.65 Å². The van der Waals surface area contributed by atoms with Crippen LogP contribution in [-0.2, 0) is 0 Å². The van der Waals surface area contributed by atoms with E-state index < -0.39 is 0 Å². The van der Waals surface area contributed by atoms with E-state index in [0.29, 0.717) is 19.0 Å². The van der Waals surface area contributed by atoms with E-state index >= 15 is 0 Å². The van der Waals surface area contributed by atoms with Crippen LogP contribution in [0.25, 0.3) is 16.6 Å². The zero-order valence-corrected chi connectivity index (χ0v) is 18.5. The highest BCUT2D eigenvalue weighted by atomic mass is 16.2. The molecule has 3 aromatic rings. The third kappa shape index (κ3) is 3.89. The summed E-state index contributed by atoms with van der Waals surface area (Å²) in [6, 6.07) is 8.14. The van der Waals surface area contributed by atoms with E-state index in [1.807, 2.05) is 23.1 Å². The van der Waals surface area contributed by atoms with Crippen LogP contribution >= 0.6 is 0 Å². The van der Waals surface area contributed by atoms with Gasteiger partial charge in [-0.05, 0) is 31.4 Å². The van der Waals surface area contributed by atoms with E-state index in [0.717, 1.165) is 67.2 Å². The number of nitrogens with one attached hydrogen (secondary N) is 1. The average Bonchev–Trinajstić information content (AvgIpc) is 3.14. The normalized spacial score (nSPS) is 18.1. The first-order chi connectivity index (χ1) is 15.8. The van der Waals surface area contributed by atoms with Crippen molar-refractivity contribution in [2.45, 2.75) is 44.4 Å². The van der Waals surface area contributed by atoms with Gasteiger partial charge < -0.3 is 15.1 Å². The van der Waals surface area contributed by atoms with Crippen molar-refractivity contribution >= 4 is 28.5 Å². The molecule has 32 heavy (non-hydrogen) atoms. The van der Waals surface area contributed by atoms with E-state index in [2.05, 4.69) is 37.5 Å². The first kappa shape index (κ1) is 20.7. The maximum atomic E-state index is 12.5. The number of aromatic nitrogens is 4. The second-order valence-electron chi connectivity index (χ2n) is 8.78. The SMILES string of the molecule is C=CCNC(=O)N1CCCN(c2nc3ccccc3c3nnc(C4CCCCC4)n23)CC1. The molecule has 0 unspecified atom stereocenters. The molecule has 168 valence electrons. The minimum Gasteiger partial charge on any atom is -0.340 e. The molecule has 5 rings (SSSR count). The summed E-state index contributed by atoms with van der Waals surface area (Å²) in [5.74, 6) is 2.36. The van der Waals surface area contributed by atoms with E-state index in [4.69, 9.17) is 4.98 Å². The summed E-state index contributed by atoms with van der Waals surface area (Å²) in [4.78, 5) is 21.7. The summed E-state index contributed by atoms with van der Waals surface area (Å²) in [5, 5.41) is 13.3. The lowest BCUT2D eigenvalue weighted by Gasteiger charge is -2.26. The second kappa shape index (κ2) is 9.14. The fourth-order valence-corrected chi connectivity index (χ4v) is 5.01. The van der Waals surface area contributed by atoms with Gasteiger partial charge in [0.2, 0.25) is 5.95 Å². The molecule has 0 radical (unpaired) electrons. The Balaban J connectivity index is 1.52. The molecule has 2 amide bonds. The molecule has 8 nitrogen and oxygen atoms in total. The largest absolute Gasteiger partial charge is 0.340 e. The van der Waals surface area contributed by atoms with Gasteiger partial charge in [-0.25, -0.2) is 14.2 Å². The molecular weight excluding hydrogens is 402 g/mol. The maximum Gasteiger partial charge on any atom is 0.317 e. The summed E-state index contributed by atoms with van der Waals surface area (Å²) < 4.78 is 2.20. The lowest BCUT2D eigenvalue weighted by molar-refractivity contribution is 0.202. The monoisotopic (exact) mass is 433 g/mol. The van der Waals surface area contributed by atoms with E-state index in [-0.39, 0.29) is 6.03 Å². The second-order valence-corrected chi connectivity index (χ2v) is 8.78. The van der Waals surface area contributed by atoms with Crippen LogP contribution in [0.5, 0.6) is 0 Å². The van der Waals surface area contributed by atoms with Gasteiger partial charge in [0.25, 0.3) is 0 Å². The van der Waals surface area contributed by atoms with Crippen molar-refractivity contribution in [2.24, 2.45) is 0 Å². The zero-order valence-electron chi connectivity index (χ0n) is 18.5. The Hall–Kier alpha value is -3.16. The van der Waals surface area contributed by atoms with Crippen molar-refractivity contribution in [1.29, 1.82) is 0 Å². The molecule has 1 aliphatic heterocycles. The molecule has 2 fully saturated rings. The van der Waals surface area contributed by atoms with Gasteiger partial charge in [0, 0.05) is 44.0 Å². The van der Waals surface area contributed by atoms with Gasteiger partial charge in [-0.2, -0.15) is 0 Å². The number of carbonyl (C=O) groups is 1. The average molecular weight is 434 g/mol. The van der Waals surface area contributed by atoms with Crippen molar-refractivity contribution in [3.63, 3.8) is 0 Å². The number of amides is 2. The smallest absolute Gasteiger partial charge is 0.317 e. The Kier molecular flexibility index (Phi) is 5.92. The van der Waals surface area contributed by atoms with E-state index in [1.165, 1.54) is 19.3 Å². The number of benzene rings is 1. The van der Waals surface area contributed by atoms with Crippen molar-refractivity contribution in [3.8, 4) is 0 Å². The molecule has 0 bridgehead atoms. The Bertz CT molecular complexity index is 1120. The predicted octanol–water partition coefficient (Wildman–Crippen LogP) is 3.73. The van der Waals surface area contributed by atoms with Gasteiger partial charge in [0.1, 0.15) is 5.82 Å². The van der Waals surface area contributed by atoms with Crippen molar-refractivity contribution in [2.75, 3.05) is 37.6 Å². The number of para-hydroxylation sites is 1. The Morgan fingerprint density at radius 3 is 2.75 bits per heavy atom. The number of hydrogen-bond donors (Lipinski definition) is 1. The standard InChI is InChI=1S/C24H31N7O/c1-2-13-25-24(32)30-15-8-14-29(16-17-30)23-26-20-12-7-6-11-19(20)22-28-27-21(31(22)23)18-9-4-3-5-10-18/h2,6-7,11-12,18H,1,3-5,8-10,13-17H2,(H,25,32). The van der Waals surface area contributed by atoms with Gasteiger partial charge in [-0.1, -0.05) is 37.5 Å². The molecule has 1 saturated heterocycles. The summed E-state index contributed by atoms with van der Waals surface area (Å²) in [5.41, 5.74) is 1.82. The predicted molar refractivity (Wildman–Crippen MR) is 126 cm³/mol. The van der Waals surface area contributed by atoms with Crippen molar-refractivity contribution in [1.82, 2.24) is 29.8 Å². The number of fused-ring (bicyclic) bond motifs is 3. The molecule has 1 N–H and O–H groups in total. The summed E-state index contributed by atoms with van der Waals surface area (Å²) >= 11 is 0. The maximum absolute atomic E-state index is 12.5. The quantitative estimate of drug-likeness (QED) is 0.634. The minimum atomic E-state index is -0.0319. The molecule has 1 aliphatic carbocycles. The zero-order chi connectivity index (χ0) is 21.9. The number of nitrogens with zero attached hydrogens (tertiary/aromatic N) is 6. The summed E-state index contributed by atoms with van der Waals surface area (Å²) in [6.07, 6.45) is 8.70. The van der Waals surface area contributed by atoms with Crippen LogP contribution < -0.4 is 10.2 Å². The molecule has 0 spiro atoms. The molecular formula is C24H31N7O. The Labute approximate surface area is 188 Å². The molecule has 1 aromatic carbocycles. The van der Waals surface area contributed by atoms with Gasteiger partial charge in [-0.15, -0.1) is 16.8 Å². The number of hydrogen-bond acceptors (Lipinski definition) is 5. The number of anilines is 1. The third-order valence-corrected chi connectivity index (χ3v) is 6.69. The molecule has 2 aliphatic rings. The van der Waals surface area contributed by atoms with Crippen LogP contribution in [0.2, 0.25) is 0 Å². The van der Waals surface area contributed by atoms with Crippen LogP contribution in [-0.4, -0.2) is 63.2 Å². The van der Waals surface area contributed by atoms with Gasteiger partial charge >= 0.3 is 6.03 Å². The summed E-state index contributed by atoms with van der Waals surface area (Å²) in [6.45, 7) is 7.11. The van der Waals surface area contributed by atoms with Crippen LogP contribution in [0.15, 0.2) is 36.9 Å². The highest BCUT2D eigenvalue weighted by Gasteiger charge is 2.27. The number of carbonyl (C=O) groups excluding carboxylic acids is 1. The van der Waals surface area contributed by atoms with Crippen LogP contribution in [0.4, 0.5) is 10.7 Å². The molecule has 1 saturated carbocycles. The van der Waals surface area contributed by atoms with Crippen molar-refractivity contribution < 1.29 is 4.79 Å². The lowest BCUT2D eigenvalue weighted by atomic mass is 9.89. The molecule has 8 heteroatoms. The highest BCUT2D eigenvalue weighted by Crippen LogP contribution is 2.34.